The number of pyridine rings is 1. The number of aromatic nitrogens is 1. The largest absolute Gasteiger partial charge is 0.271 e. The number of nitrogens with zero attached hydrogens (tertiary/aromatic N) is 1. The Labute approximate surface area is 104 Å². The first-order valence-electron chi connectivity index (χ1n) is 5.51. The van der Waals surface area contributed by atoms with Crippen LogP contribution in [-0.2, 0) is 6.42 Å². The zero-order valence-corrected chi connectivity index (χ0v) is 9.61. The summed E-state index contributed by atoms with van der Waals surface area (Å²) in [5, 5.41) is 0. The van der Waals surface area contributed by atoms with Crippen molar-refractivity contribution in [3.8, 4) is 0 Å². The quantitative estimate of drug-likeness (QED) is 0.644. The summed E-state index contributed by atoms with van der Waals surface area (Å²) in [7, 11) is 0. The van der Waals surface area contributed by atoms with Gasteiger partial charge in [-0.3, -0.25) is 16.3 Å². The summed E-state index contributed by atoms with van der Waals surface area (Å²) in [5.41, 5.74) is 3.99. The van der Waals surface area contributed by atoms with Crippen molar-refractivity contribution in [2.24, 2.45) is 5.84 Å². The summed E-state index contributed by atoms with van der Waals surface area (Å²) in [6.07, 6.45) is 2.18. The molecule has 2 aromatic rings. The summed E-state index contributed by atoms with van der Waals surface area (Å²) in [6, 6.07) is 8.95. The second-order valence-corrected chi connectivity index (χ2v) is 3.92. The highest BCUT2D eigenvalue weighted by Gasteiger charge is 2.13. The van der Waals surface area contributed by atoms with Crippen LogP contribution in [0.4, 0.5) is 8.78 Å². The molecule has 0 fully saturated rings. The van der Waals surface area contributed by atoms with Crippen LogP contribution in [0.3, 0.4) is 0 Å². The third kappa shape index (κ3) is 2.88. The van der Waals surface area contributed by atoms with Gasteiger partial charge < -0.3 is 0 Å². The van der Waals surface area contributed by atoms with E-state index in [-0.39, 0.29) is 6.04 Å². The van der Waals surface area contributed by atoms with E-state index >= 15 is 0 Å². The number of rotatable bonds is 4. The highest BCUT2D eigenvalue weighted by Crippen LogP contribution is 2.19. The molecule has 1 atom stereocenters. The number of nitrogens with two attached hydrogens (primary N) is 1. The summed E-state index contributed by atoms with van der Waals surface area (Å²) < 4.78 is 26.0. The predicted octanol–water partition coefficient (Wildman–Crippen LogP) is 2.11. The van der Waals surface area contributed by atoms with Crippen molar-refractivity contribution in [3.05, 3.63) is 65.5 Å². The van der Waals surface area contributed by atoms with E-state index < -0.39 is 11.6 Å². The van der Waals surface area contributed by atoms with Crippen LogP contribution in [0.5, 0.6) is 0 Å². The molecular formula is C13H13F2N3. The van der Waals surface area contributed by atoms with E-state index in [9.17, 15) is 8.78 Å². The molecule has 1 aromatic carbocycles. The molecule has 5 heteroatoms. The lowest BCUT2D eigenvalue weighted by Gasteiger charge is -2.16. The fourth-order valence-electron chi connectivity index (χ4n) is 1.73. The lowest BCUT2D eigenvalue weighted by Crippen LogP contribution is -2.29. The molecule has 1 aromatic heterocycles. The van der Waals surface area contributed by atoms with Gasteiger partial charge in [0, 0.05) is 18.3 Å². The van der Waals surface area contributed by atoms with Crippen LogP contribution in [0.15, 0.2) is 42.6 Å². The minimum atomic E-state index is -0.881. The number of hydrogen-bond donors (Lipinski definition) is 2. The van der Waals surface area contributed by atoms with Gasteiger partial charge in [0.15, 0.2) is 11.6 Å². The molecule has 3 nitrogen and oxygen atoms in total. The molecule has 0 saturated carbocycles. The molecular weight excluding hydrogens is 236 g/mol. The van der Waals surface area contributed by atoms with Crippen LogP contribution in [0.25, 0.3) is 0 Å². The maximum absolute atomic E-state index is 13.2. The Morgan fingerprint density at radius 3 is 2.61 bits per heavy atom. The van der Waals surface area contributed by atoms with Crippen LogP contribution in [0.1, 0.15) is 17.3 Å². The van der Waals surface area contributed by atoms with Crippen LogP contribution in [-0.4, -0.2) is 4.98 Å². The zero-order chi connectivity index (χ0) is 13.0. The Kier molecular flexibility index (Phi) is 3.96. The standard InChI is InChI=1S/C13H13F2N3/c14-11-5-4-9(7-12(11)15)13(18-16)8-10-3-1-2-6-17-10/h1-7,13,18H,8,16H2. The van der Waals surface area contributed by atoms with E-state index in [0.717, 1.165) is 17.8 Å². The van der Waals surface area contributed by atoms with Crippen molar-refractivity contribution < 1.29 is 8.78 Å². The van der Waals surface area contributed by atoms with E-state index in [0.29, 0.717) is 12.0 Å². The summed E-state index contributed by atoms with van der Waals surface area (Å²) >= 11 is 0. The Morgan fingerprint density at radius 2 is 2.00 bits per heavy atom. The van der Waals surface area contributed by atoms with E-state index in [4.69, 9.17) is 5.84 Å². The van der Waals surface area contributed by atoms with Crippen molar-refractivity contribution >= 4 is 0 Å². The number of hydrazine groups is 1. The van der Waals surface area contributed by atoms with Crippen LogP contribution in [0, 0.1) is 11.6 Å². The average molecular weight is 249 g/mol. The monoisotopic (exact) mass is 249 g/mol. The van der Waals surface area contributed by atoms with Crippen molar-refractivity contribution in [2.75, 3.05) is 0 Å². The Bertz CT molecular complexity index is 517. The average Bonchev–Trinajstić information content (AvgIpc) is 2.40. The summed E-state index contributed by atoms with van der Waals surface area (Å²) in [4.78, 5) is 4.17. The van der Waals surface area contributed by atoms with Crippen molar-refractivity contribution in [3.63, 3.8) is 0 Å². The Morgan fingerprint density at radius 1 is 1.17 bits per heavy atom. The third-order valence-corrected chi connectivity index (χ3v) is 2.69. The first kappa shape index (κ1) is 12.6. The molecule has 0 radical (unpaired) electrons. The molecule has 3 N–H and O–H groups in total. The Balaban J connectivity index is 2.20. The molecule has 0 spiro atoms. The molecule has 94 valence electrons. The number of hydrogen-bond acceptors (Lipinski definition) is 3. The van der Waals surface area contributed by atoms with E-state index in [2.05, 4.69) is 10.4 Å². The normalized spacial score (nSPS) is 12.4. The molecule has 0 bridgehead atoms. The highest BCUT2D eigenvalue weighted by molar-refractivity contribution is 5.23. The van der Waals surface area contributed by atoms with Gasteiger partial charge >= 0.3 is 0 Å². The van der Waals surface area contributed by atoms with Gasteiger partial charge in [-0.2, -0.15) is 0 Å². The summed E-state index contributed by atoms with van der Waals surface area (Å²) in [6.45, 7) is 0. The molecule has 2 rings (SSSR count). The molecule has 1 unspecified atom stereocenters. The molecule has 0 aliphatic rings. The van der Waals surface area contributed by atoms with E-state index in [1.807, 2.05) is 18.2 Å². The molecule has 0 saturated heterocycles. The van der Waals surface area contributed by atoms with Gasteiger partial charge in [-0.15, -0.1) is 0 Å². The molecule has 0 aliphatic carbocycles. The second kappa shape index (κ2) is 5.66. The third-order valence-electron chi connectivity index (χ3n) is 2.69. The van der Waals surface area contributed by atoms with Crippen LogP contribution < -0.4 is 11.3 Å². The van der Waals surface area contributed by atoms with Crippen molar-refractivity contribution in [2.45, 2.75) is 12.5 Å². The lowest BCUT2D eigenvalue weighted by atomic mass is 10.0. The van der Waals surface area contributed by atoms with Crippen LogP contribution in [0.2, 0.25) is 0 Å². The first-order chi connectivity index (χ1) is 8.70. The fraction of sp³-hybridized carbons (Fsp3) is 0.154. The molecule has 1 heterocycles. The van der Waals surface area contributed by atoms with Gasteiger partial charge in [-0.25, -0.2) is 8.78 Å². The number of halogens is 2. The second-order valence-electron chi connectivity index (χ2n) is 3.92. The van der Waals surface area contributed by atoms with Gasteiger partial charge in [0.05, 0.1) is 6.04 Å². The summed E-state index contributed by atoms with van der Waals surface area (Å²) in [5.74, 6) is 3.70. The predicted molar refractivity (Wildman–Crippen MR) is 64.4 cm³/mol. The SMILES string of the molecule is NNC(Cc1ccccn1)c1ccc(F)c(F)c1. The molecule has 0 amide bonds. The topological polar surface area (TPSA) is 50.9 Å². The van der Waals surface area contributed by atoms with Crippen molar-refractivity contribution in [1.29, 1.82) is 0 Å². The minimum Gasteiger partial charge on any atom is -0.271 e. The highest BCUT2D eigenvalue weighted by atomic mass is 19.2. The van der Waals surface area contributed by atoms with Gasteiger partial charge in [0.25, 0.3) is 0 Å². The van der Waals surface area contributed by atoms with E-state index in [1.165, 1.54) is 6.07 Å². The number of nitrogens with one attached hydrogen (secondary N) is 1. The van der Waals surface area contributed by atoms with Gasteiger partial charge in [-0.05, 0) is 29.8 Å². The van der Waals surface area contributed by atoms with Gasteiger partial charge in [-0.1, -0.05) is 12.1 Å². The van der Waals surface area contributed by atoms with Crippen molar-refractivity contribution in [1.82, 2.24) is 10.4 Å². The lowest BCUT2D eigenvalue weighted by molar-refractivity contribution is 0.496. The molecule has 0 aliphatic heterocycles. The smallest absolute Gasteiger partial charge is 0.159 e. The fourth-order valence-corrected chi connectivity index (χ4v) is 1.73. The Hall–Kier alpha value is -1.85. The maximum Gasteiger partial charge on any atom is 0.159 e. The van der Waals surface area contributed by atoms with Gasteiger partial charge in [0.1, 0.15) is 0 Å². The number of benzene rings is 1. The van der Waals surface area contributed by atoms with Gasteiger partial charge in [0.2, 0.25) is 0 Å². The zero-order valence-electron chi connectivity index (χ0n) is 9.61. The van der Waals surface area contributed by atoms with E-state index in [1.54, 1.807) is 6.20 Å². The molecule has 18 heavy (non-hydrogen) atoms. The minimum absolute atomic E-state index is 0.310. The van der Waals surface area contributed by atoms with Crippen LogP contribution >= 0.6 is 0 Å². The first-order valence-corrected chi connectivity index (χ1v) is 5.51. The maximum atomic E-state index is 13.2.